The third-order valence-electron chi connectivity index (χ3n) is 4.65. The molecule has 0 atom stereocenters. The van der Waals surface area contributed by atoms with Crippen molar-refractivity contribution in [3.8, 4) is 0 Å². The van der Waals surface area contributed by atoms with Gasteiger partial charge in [0.2, 0.25) is 0 Å². The number of hydrogen-bond acceptors (Lipinski definition) is 4. The molecular weight excluding hydrogens is 274 g/mol. The summed E-state index contributed by atoms with van der Waals surface area (Å²) in [5, 5.41) is 0.552. The first-order valence-electron chi connectivity index (χ1n) is 6.96. The topological polar surface area (TPSA) is 57.4 Å². The Kier molecular flexibility index (Phi) is 3.01. The molecule has 0 bridgehead atoms. The first kappa shape index (κ1) is 14.3. The van der Waals surface area contributed by atoms with Crippen LogP contribution in [0.1, 0.15) is 46.2 Å². The van der Waals surface area contributed by atoms with Crippen LogP contribution in [-0.4, -0.2) is 23.3 Å². The van der Waals surface area contributed by atoms with Crippen LogP contribution >= 0.6 is 11.6 Å². The molecule has 2 heterocycles. The Bertz CT molecular complexity index is 542. The molecule has 2 fully saturated rings. The lowest BCUT2D eigenvalue weighted by molar-refractivity contribution is 0.00578. The average molecular weight is 295 g/mol. The van der Waals surface area contributed by atoms with E-state index in [0.29, 0.717) is 10.6 Å². The van der Waals surface area contributed by atoms with Crippen LogP contribution in [0.25, 0.3) is 0 Å². The molecule has 1 aromatic heterocycles. The van der Waals surface area contributed by atoms with Gasteiger partial charge in [0, 0.05) is 0 Å². The first-order chi connectivity index (χ1) is 9.15. The summed E-state index contributed by atoms with van der Waals surface area (Å²) in [6.07, 6.45) is 1.93. The summed E-state index contributed by atoms with van der Waals surface area (Å²) in [7, 11) is -0.546. The number of nitrogens with zero attached hydrogens (tertiary/aromatic N) is 1. The van der Waals surface area contributed by atoms with Gasteiger partial charge in [-0.25, -0.2) is 0 Å². The summed E-state index contributed by atoms with van der Waals surface area (Å²) < 4.78 is 12.0. The summed E-state index contributed by atoms with van der Waals surface area (Å²) in [6, 6.07) is 3.72. The van der Waals surface area contributed by atoms with E-state index >= 15 is 0 Å². The van der Waals surface area contributed by atoms with E-state index in [9.17, 15) is 0 Å². The Labute approximate surface area is 125 Å². The highest BCUT2D eigenvalue weighted by Crippen LogP contribution is 2.42. The zero-order valence-electron chi connectivity index (χ0n) is 12.4. The third kappa shape index (κ3) is 2.17. The highest BCUT2D eigenvalue weighted by molar-refractivity contribution is 6.64. The van der Waals surface area contributed by atoms with Gasteiger partial charge in [-0.3, -0.25) is 4.98 Å². The van der Waals surface area contributed by atoms with Crippen molar-refractivity contribution < 1.29 is 9.31 Å². The van der Waals surface area contributed by atoms with Gasteiger partial charge in [-0.1, -0.05) is 11.6 Å². The minimum Gasteiger partial charge on any atom is -0.398 e. The van der Waals surface area contributed by atoms with E-state index in [1.807, 2.05) is 39.8 Å². The number of halogens is 1. The maximum Gasteiger partial charge on any atom is 0.516 e. The molecule has 1 saturated carbocycles. The molecule has 4 nitrogen and oxygen atoms in total. The zero-order valence-corrected chi connectivity index (χ0v) is 13.1. The van der Waals surface area contributed by atoms with Crippen LogP contribution in [-0.2, 0) is 14.8 Å². The fraction of sp³-hybridized carbons (Fsp3) is 0.643. The minimum absolute atomic E-state index is 0.289. The number of hydrogen-bond donors (Lipinski definition) is 1. The van der Waals surface area contributed by atoms with Gasteiger partial charge in [0.15, 0.2) is 0 Å². The highest BCUT2D eigenvalue weighted by Gasteiger charge is 2.53. The zero-order chi connectivity index (χ0) is 14.8. The fourth-order valence-electron chi connectivity index (χ4n) is 2.25. The predicted octanol–water partition coefficient (Wildman–Crippen LogP) is 1.98. The van der Waals surface area contributed by atoms with Crippen molar-refractivity contribution in [1.82, 2.24) is 4.98 Å². The number of aromatic nitrogens is 1. The summed E-state index contributed by atoms with van der Waals surface area (Å²) in [5.74, 6) is 0. The van der Waals surface area contributed by atoms with E-state index < -0.39 is 18.3 Å². The molecule has 0 spiro atoms. The second kappa shape index (κ2) is 4.20. The largest absolute Gasteiger partial charge is 0.516 e. The van der Waals surface area contributed by atoms with Gasteiger partial charge in [0.1, 0.15) is 0 Å². The Morgan fingerprint density at radius 3 is 2.20 bits per heavy atom. The predicted molar refractivity (Wildman–Crippen MR) is 80.1 cm³/mol. The standard InChI is InChI=1S/C14H20BClN2O2/c1-12(2)13(3,4)20-15(19-12)11-9(16)5-6-10(18-11)14(17)7-8-14/h5-6H,7-8,17H2,1-4H3. The van der Waals surface area contributed by atoms with Gasteiger partial charge < -0.3 is 15.0 Å². The molecule has 2 N–H and O–H groups in total. The molecule has 1 aromatic rings. The Balaban J connectivity index is 1.95. The molecule has 20 heavy (non-hydrogen) atoms. The summed E-state index contributed by atoms with van der Waals surface area (Å²) in [4.78, 5) is 4.61. The highest BCUT2D eigenvalue weighted by atomic mass is 35.5. The van der Waals surface area contributed by atoms with Crippen molar-refractivity contribution in [2.75, 3.05) is 0 Å². The summed E-state index contributed by atoms with van der Waals surface area (Å²) >= 11 is 6.27. The van der Waals surface area contributed by atoms with Gasteiger partial charge in [-0.15, -0.1) is 0 Å². The molecule has 0 unspecified atom stereocenters. The lowest BCUT2D eigenvalue weighted by atomic mass is 9.83. The van der Waals surface area contributed by atoms with E-state index in [0.717, 1.165) is 18.5 Å². The molecule has 0 radical (unpaired) electrons. The van der Waals surface area contributed by atoms with Crippen molar-refractivity contribution in [3.05, 3.63) is 22.8 Å². The Morgan fingerprint density at radius 2 is 1.70 bits per heavy atom. The molecule has 2 aliphatic rings. The van der Waals surface area contributed by atoms with Crippen molar-refractivity contribution in [2.45, 2.75) is 57.3 Å². The van der Waals surface area contributed by atoms with E-state index in [4.69, 9.17) is 26.6 Å². The number of rotatable bonds is 2. The molecular formula is C14H20BClN2O2. The molecule has 6 heteroatoms. The second-order valence-corrected chi connectivity index (χ2v) is 7.22. The Hall–Kier alpha value is -0.615. The molecule has 1 aliphatic heterocycles. The van der Waals surface area contributed by atoms with Crippen LogP contribution in [0.15, 0.2) is 12.1 Å². The fourth-order valence-corrected chi connectivity index (χ4v) is 2.44. The van der Waals surface area contributed by atoms with E-state index in [1.54, 1.807) is 0 Å². The van der Waals surface area contributed by atoms with Gasteiger partial charge in [0.05, 0.1) is 33.1 Å². The quantitative estimate of drug-likeness (QED) is 0.848. The maximum absolute atomic E-state index is 6.27. The van der Waals surface area contributed by atoms with Crippen LogP contribution < -0.4 is 11.3 Å². The van der Waals surface area contributed by atoms with Crippen LogP contribution in [0, 0.1) is 0 Å². The van der Waals surface area contributed by atoms with Crippen molar-refractivity contribution >= 4 is 24.3 Å². The minimum atomic E-state index is -0.546. The van der Waals surface area contributed by atoms with E-state index in [-0.39, 0.29) is 5.54 Å². The van der Waals surface area contributed by atoms with Gasteiger partial charge >= 0.3 is 7.12 Å². The van der Waals surface area contributed by atoms with E-state index in [1.165, 1.54) is 0 Å². The number of pyridine rings is 1. The molecule has 0 amide bonds. The lowest BCUT2D eigenvalue weighted by Gasteiger charge is -2.32. The molecule has 3 rings (SSSR count). The Morgan fingerprint density at radius 1 is 1.15 bits per heavy atom. The SMILES string of the molecule is CC1(C)OB(c2nc(C3(N)CC3)ccc2Cl)OC1(C)C. The molecule has 1 aliphatic carbocycles. The van der Waals surface area contributed by atoms with Gasteiger partial charge in [0.25, 0.3) is 0 Å². The van der Waals surface area contributed by atoms with Gasteiger partial charge in [-0.2, -0.15) is 0 Å². The number of nitrogens with two attached hydrogens (primary N) is 1. The molecule has 108 valence electrons. The molecule has 1 saturated heterocycles. The molecule has 0 aromatic carbocycles. The first-order valence-corrected chi connectivity index (χ1v) is 7.34. The van der Waals surface area contributed by atoms with Crippen LogP contribution in [0.5, 0.6) is 0 Å². The second-order valence-electron chi connectivity index (χ2n) is 6.81. The van der Waals surface area contributed by atoms with E-state index in [2.05, 4.69) is 4.98 Å². The lowest BCUT2D eigenvalue weighted by Crippen LogP contribution is -2.41. The normalized spacial score (nSPS) is 25.8. The van der Waals surface area contributed by atoms with Crippen molar-refractivity contribution in [2.24, 2.45) is 5.73 Å². The summed E-state index contributed by atoms with van der Waals surface area (Å²) in [6.45, 7) is 8.04. The van der Waals surface area contributed by atoms with Crippen molar-refractivity contribution in [3.63, 3.8) is 0 Å². The van der Waals surface area contributed by atoms with Crippen LogP contribution in [0.2, 0.25) is 5.02 Å². The average Bonchev–Trinajstić information content (AvgIpc) is 3.02. The monoisotopic (exact) mass is 294 g/mol. The third-order valence-corrected chi connectivity index (χ3v) is 4.97. The van der Waals surface area contributed by atoms with Crippen molar-refractivity contribution in [1.29, 1.82) is 0 Å². The summed E-state index contributed by atoms with van der Waals surface area (Å²) in [5.41, 5.74) is 6.60. The van der Waals surface area contributed by atoms with Crippen LogP contribution in [0.3, 0.4) is 0 Å². The maximum atomic E-state index is 6.27. The smallest absolute Gasteiger partial charge is 0.398 e. The van der Waals surface area contributed by atoms with Crippen LogP contribution in [0.4, 0.5) is 0 Å². The van der Waals surface area contributed by atoms with Gasteiger partial charge in [-0.05, 0) is 52.7 Å².